The van der Waals surface area contributed by atoms with Crippen molar-refractivity contribution >= 4 is 55.4 Å². The number of para-hydroxylation sites is 2. The van der Waals surface area contributed by atoms with Crippen molar-refractivity contribution in [3.63, 3.8) is 0 Å². The van der Waals surface area contributed by atoms with Gasteiger partial charge < -0.3 is 9.47 Å². The maximum absolute atomic E-state index is 6.70. The van der Waals surface area contributed by atoms with E-state index in [1.165, 1.54) is 65.5 Å². The minimum absolute atomic E-state index is 0.0460. The van der Waals surface area contributed by atoms with Crippen LogP contribution in [0, 0.1) is 0 Å². The highest BCUT2D eigenvalue weighted by molar-refractivity contribution is 6.98. The van der Waals surface area contributed by atoms with Crippen LogP contribution in [-0.4, -0.2) is 6.71 Å². The van der Waals surface area contributed by atoms with E-state index in [0.717, 1.165) is 39.6 Å². The maximum Gasteiger partial charge on any atom is 0.260 e. The largest absolute Gasteiger partial charge is 0.458 e. The Balaban J connectivity index is 1.16. The first-order valence-corrected chi connectivity index (χ1v) is 17.5. The number of hydrogen-bond acceptors (Lipinski definition) is 2. The fraction of sp³-hybridized carbons (Fsp3) is 0. The van der Waals surface area contributed by atoms with Gasteiger partial charge in [0.1, 0.15) is 23.0 Å². The molecule has 2 aliphatic heterocycles. The molecular weight excluding hydrogens is 619 g/mol. The molecule has 2 nitrogen and oxygen atoms in total. The van der Waals surface area contributed by atoms with Crippen molar-refractivity contribution in [2.75, 3.05) is 0 Å². The standard InChI is InChI=1S/C48H29BO2/c1-2-14-31-27-32(26-25-30(31)13-1)46-36-17-5-7-19-38(36)47(39-20-8-6-18-37(39)46)35-16-4-3-15-34(35)33-28-44-48-45(29-33)51-43-24-12-10-22-41(43)49(48)40-21-9-11-23-42(40)50-44/h1-29H. The molecule has 0 amide bonds. The summed E-state index contributed by atoms with van der Waals surface area (Å²) in [7, 11) is 0. The molecule has 0 saturated heterocycles. The number of ether oxygens (including phenoxy) is 2. The van der Waals surface area contributed by atoms with Gasteiger partial charge >= 0.3 is 0 Å². The molecule has 9 aromatic rings. The second kappa shape index (κ2) is 11.0. The van der Waals surface area contributed by atoms with E-state index in [4.69, 9.17) is 9.47 Å². The van der Waals surface area contributed by atoms with Crippen molar-refractivity contribution < 1.29 is 9.47 Å². The number of fused-ring (bicyclic) bond motifs is 7. The molecule has 2 heterocycles. The summed E-state index contributed by atoms with van der Waals surface area (Å²) in [5, 5.41) is 7.41. The summed E-state index contributed by atoms with van der Waals surface area (Å²) in [4.78, 5) is 0. The lowest BCUT2D eigenvalue weighted by Crippen LogP contribution is -2.57. The molecule has 0 spiro atoms. The molecule has 0 bridgehead atoms. The summed E-state index contributed by atoms with van der Waals surface area (Å²) < 4.78 is 13.4. The predicted molar refractivity (Wildman–Crippen MR) is 213 cm³/mol. The quantitative estimate of drug-likeness (QED) is 0.140. The molecule has 0 fully saturated rings. The molecule has 3 heteroatoms. The van der Waals surface area contributed by atoms with Crippen LogP contribution in [0.2, 0.25) is 0 Å². The Morgan fingerprint density at radius 2 is 0.824 bits per heavy atom. The summed E-state index contributed by atoms with van der Waals surface area (Å²) in [6.07, 6.45) is 0. The van der Waals surface area contributed by atoms with E-state index in [-0.39, 0.29) is 6.71 Å². The van der Waals surface area contributed by atoms with Crippen LogP contribution in [0.25, 0.3) is 65.7 Å². The summed E-state index contributed by atoms with van der Waals surface area (Å²) in [6.45, 7) is 0.0460. The zero-order valence-electron chi connectivity index (χ0n) is 27.6. The van der Waals surface area contributed by atoms with Gasteiger partial charge in [0.2, 0.25) is 0 Å². The summed E-state index contributed by atoms with van der Waals surface area (Å²) in [5.41, 5.74) is 10.5. The van der Waals surface area contributed by atoms with Crippen LogP contribution in [0.15, 0.2) is 176 Å². The van der Waals surface area contributed by atoms with Gasteiger partial charge in [-0.2, -0.15) is 0 Å². The van der Waals surface area contributed by atoms with E-state index < -0.39 is 0 Å². The molecule has 0 N–H and O–H groups in total. The Labute approximate surface area is 296 Å². The molecule has 11 rings (SSSR count). The Kier molecular flexibility index (Phi) is 6.08. The van der Waals surface area contributed by atoms with Crippen LogP contribution in [-0.2, 0) is 0 Å². The van der Waals surface area contributed by atoms with Crippen molar-refractivity contribution in [1.29, 1.82) is 0 Å². The predicted octanol–water partition coefficient (Wildman–Crippen LogP) is 10.9. The van der Waals surface area contributed by atoms with Gasteiger partial charge in [-0.1, -0.05) is 146 Å². The Hall–Kier alpha value is -6.58. The molecule has 236 valence electrons. The molecule has 0 atom stereocenters. The summed E-state index contributed by atoms with van der Waals surface area (Å²) in [5.74, 6) is 3.47. The van der Waals surface area contributed by atoms with Gasteiger partial charge in [-0.25, -0.2) is 0 Å². The highest BCUT2D eigenvalue weighted by atomic mass is 16.5. The molecule has 9 aromatic carbocycles. The van der Waals surface area contributed by atoms with Gasteiger partial charge in [-0.05, 0) is 107 Å². The zero-order valence-corrected chi connectivity index (χ0v) is 27.6. The minimum atomic E-state index is 0.0460. The first-order chi connectivity index (χ1) is 25.3. The average molecular weight is 649 g/mol. The van der Waals surface area contributed by atoms with E-state index in [2.05, 4.69) is 164 Å². The van der Waals surface area contributed by atoms with Crippen LogP contribution in [0.3, 0.4) is 0 Å². The first kappa shape index (κ1) is 28.3. The van der Waals surface area contributed by atoms with Gasteiger partial charge in [-0.3, -0.25) is 0 Å². The third kappa shape index (κ3) is 4.25. The highest BCUT2D eigenvalue weighted by Gasteiger charge is 2.40. The summed E-state index contributed by atoms with van der Waals surface area (Å²) >= 11 is 0. The van der Waals surface area contributed by atoms with E-state index in [9.17, 15) is 0 Å². The molecule has 0 radical (unpaired) electrons. The molecule has 51 heavy (non-hydrogen) atoms. The lowest BCUT2D eigenvalue weighted by Gasteiger charge is -2.33. The SMILES string of the molecule is c1ccc2c(c1)Oc1cc(-c3ccccc3-c3c4ccccc4c(-c4ccc5ccccc5c4)c4ccccc34)cc3c1B2c1ccccc1O3. The minimum Gasteiger partial charge on any atom is -0.458 e. The first-order valence-electron chi connectivity index (χ1n) is 17.5. The van der Waals surface area contributed by atoms with Crippen molar-refractivity contribution in [2.45, 2.75) is 0 Å². The fourth-order valence-corrected chi connectivity index (χ4v) is 8.58. The van der Waals surface area contributed by atoms with Gasteiger partial charge in [0, 0.05) is 5.46 Å². The van der Waals surface area contributed by atoms with Crippen molar-refractivity contribution in [3.8, 4) is 56.4 Å². The lowest BCUT2D eigenvalue weighted by atomic mass is 9.35. The molecule has 2 aliphatic rings. The Morgan fingerprint density at radius 1 is 0.333 bits per heavy atom. The molecule has 0 aromatic heterocycles. The van der Waals surface area contributed by atoms with Crippen LogP contribution < -0.4 is 25.9 Å². The topological polar surface area (TPSA) is 18.5 Å². The van der Waals surface area contributed by atoms with E-state index in [0.29, 0.717) is 0 Å². The third-order valence-electron chi connectivity index (χ3n) is 10.8. The van der Waals surface area contributed by atoms with Crippen molar-refractivity contribution in [1.82, 2.24) is 0 Å². The van der Waals surface area contributed by atoms with Crippen molar-refractivity contribution in [2.24, 2.45) is 0 Å². The molecule has 0 saturated carbocycles. The Bertz CT molecular complexity index is 2760. The smallest absolute Gasteiger partial charge is 0.260 e. The van der Waals surface area contributed by atoms with Crippen LogP contribution in [0.4, 0.5) is 0 Å². The number of benzene rings is 9. The van der Waals surface area contributed by atoms with E-state index >= 15 is 0 Å². The van der Waals surface area contributed by atoms with Gasteiger partial charge in [-0.15, -0.1) is 0 Å². The normalized spacial score (nSPS) is 12.6. The molecule has 0 unspecified atom stereocenters. The second-order valence-corrected chi connectivity index (χ2v) is 13.5. The number of rotatable bonds is 3. The molecule has 0 aliphatic carbocycles. The Morgan fingerprint density at radius 3 is 1.45 bits per heavy atom. The van der Waals surface area contributed by atoms with E-state index in [1.807, 2.05) is 12.1 Å². The highest BCUT2D eigenvalue weighted by Crippen LogP contribution is 2.47. The number of hydrogen-bond donors (Lipinski definition) is 0. The average Bonchev–Trinajstić information content (AvgIpc) is 3.19. The molecular formula is C48H29BO2. The van der Waals surface area contributed by atoms with Crippen LogP contribution in [0.5, 0.6) is 23.0 Å². The zero-order chi connectivity index (χ0) is 33.5. The fourth-order valence-electron chi connectivity index (χ4n) is 8.58. The second-order valence-electron chi connectivity index (χ2n) is 13.5. The third-order valence-corrected chi connectivity index (χ3v) is 10.8. The van der Waals surface area contributed by atoms with Gasteiger partial charge in [0.05, 0.1) is 0 Å². The van der Waals surface area contributed by atoms with E-state index in [1.54, 1.807) is 0 Å². The van der Waals surface area contributed by atoms with Gasteiger partial charge in [0.15, 0.2) is 0 Å². The summed E-state index contributed by atoms with van der Waals surface area (Å²) in [6, 6.07) is 63.2. The maximum atomic E-state index is 6.70. The monoisotopic (exact) mass is 648 g/mol. The lowest BCUT2D eigenvalue weighted by molar-refractivity contribution is 0.465. The van der Waals surface area contributed by atoms with Crippen LogP contribution >= 0.6 is 0 Å². The van der Waals surface area contributed by atoms with Crippen LogP contribution in [0.1, 0.15) is 0 Å². The van der Waals surface area contributed by atoms with Gasteiger partial charge in [0.25, 0.3) is 6.71 Å². The van der Waals surface area contributed by atoms with Crippen molar-refractivity contribution in [3.05, 3.63) is 176 Å².